The van der Waals surface area contributed by atoms with Gasteiger partial charge < -0.3 is 14.5 Å². The molecular weight excluding hydrogens is 462 g/mol. The lowest BCUT2D eigenvalue weighted by molar-refractivity contribution is -0.118. The number of nitrogens with one attached hydrogen (secondary N) is 1. The topological polar surface area (TPSA) is 68.5 Å². The fourth-order valence-corrected chi connectivity index (χ4v) is 4.24. The number of carbonyl (C=O) groups excluding carboxylic acids is 1. The van der Waals surface area contributed by atoms with Gasteiger partial charge in [0.1, 0.15) is 5.58 Å². The van der Waals surface area contributed by atoms with Crippen LogP contribution in [-0.2, 0) is 4.79 Å². The summed E-state index contributed by atoms with van der Waals surface area (Å²) in [6, 6.07) is 20.1. The second kappa shape index (κ2) is 10.4. The van der Waals surface area contributed by atoms with E-state index in [1.54, 1.807) is 12.1 Å². The highest BCUT2D eigenvalue weighted by Gasteiger charge is 2.21. The number of rotatable bonds is 7. The van der Waals surface area contributed by atoms with E-state index in [2.05, 4.69) is 33.0 Å². The molecule has 0 aliphatic carbocycles. The number of hydrogen-bond donors (Lipinski definition) is 1. The largest absolute Gasteiger partial charge is 0.476 e. The maximum absolute atomic E-state index is 13.4. The first-order chi connectivity index (χ1) is 16.8. The fraction of sp³-hybridized carbons (Fsp3) is 0.241. The number of fused-ring (bicyclic) bond motifs is 1. The number of para-hydroxylation sites is 1. The van der Waals surface area contributed by atoms with E-state index in [0.717, 1.165) is 16.8 Å². The van der Waals surface area contributed by atoms with Crippen LogP contribution in [0.4, 0.5) is 5.69 Å². The van der Waals surface area contributed by atoms with Crippen LogP contribution < -0.4 is 15.5 Å². The number of carbonyl (C=O) groups is 1. The predicted octanol–water partition coefficient (Wildman–Crippen LogP) is 7.38. The summed E-state index contributed by atoms with van der Waals surface area (Å²) in [5, 5.41) is 3.72. The van der Waals surface area contributed by atoms with Gasteiger partial charge in [0.15, 0.2) is 12.4 Å². The van der Waals surface area contributed by atoms with E-state index in [9.17, 15) is 9.59 Å². The predicted molar refractivity (Wildman–Crippen MR) is 142 cm³/mol. The summed E-state index contributed by atoms with van der Waals surface area (Å²) in [7, 11) is 0. The van der Waals surface area contributed by atoms with Crippen molar-refractivity contribution >= 4 is 34.2 Å². The van der Waals surface area contributed by atoms with Crippen molar-refractivity contribution in [3.8, 4) is 17.1 Å². The average Bonchev–Trinajstić information content (AvgIpc) is 2.84. The van der Waals surface area contributed by atoms with Gasteiger partial charge in [0, 0.05) is 16.3 Å². The van der Waals surface area contributed by atoms with E-state index < -0.39 is 0 Å². The molecule has 0 radical (unpaired) electrons. The first-order valence-corrected chi connectivity index (χ1v) is 12.0. The van der Waals surface area contributed by atoms with Crippen LogP contribution in [0.5, 0.6) is 5.75 Å². The van der Waals surface area contributed by atoms with Gasteiger partial charge in [-0.3, -0.25) is 9.59 Å². The zero-order chi connectivity index (χ0) is 25.1. The number of benzene rings is 3. The van der Waals surface area contributed by atoms with Crippen LogP contribution in [0.2, 0.25) is 5.02 Å². The highest BCUT2D eigenvalue weighted by molar-refractivity contribution is 6.31. The molecule has 4 aromatic rings. The summed E-state index contributed by atoms with van der Waals surface area (Å²) >= 11 is 6.11. The molecule has 3 aromatic carbocycles. The number of ether oxygens (including phenoxy) is 1. The molecule has 0 aliphatic heterocycles. The van der Waals surface area contributed by atoms with Gasteiger partial charge in [0.2, 0.25) is 11.2 Å². The van der Waals surface area contributed by atoms with Crippen LogP contribution in [0.1, 0.15) is 50.7 Å². The minimum absolute atomic E-state index is 0.0256. The molecule has 1 aromatic heterocycles. The first-order valence-electron chi connectivity index (χ1n) is 11.6. The molecule has 0 saturated carbocycles. The number of anilines is 1. The molecule has 4 rings (SSSR count). The van der Waals surface area contributed by atoms with Crippen molar-refractivity contribution in [3.63, 3.8) is 0 Å². The standard InChI is InChI=1S/C29H28ClNO4/c1-17(2)21-11-8-12-22(18(3)4)26(21)31-25(32)16-34-29-27(33)23-15-20(30)13-14-24(23)35-28(29)19-9-6-5-7-10-19/h5-15,17-18H,16H2,1-4H3,(H,31,32). The van der Waals surface area contributed by atoms with Crippen LogP contribution >= 0.6 is 11.6 Å². The van der Waals surface area contributed by atoms with Crippen molar-refractivity contribution in [1.82, 2.24) is 0 Å². The summed E-state index contributed by atoms with van der Waals surface area (Å²) in [6.45, 7) is 8.00. The first kappa shape index (κ1) is 24.6. The Hall–Kier alpha value is -3.57. The van der Waals surface area contributed by atoms with Crippen molar-refractivity contribution in [1.29, 1.82) is 0 Å². The molecule has 0 atom stereocenters. The quantitative estimate of drug-likeness (QED) is 0.294. The summed E-state index contributed by atoms with van der Waals surface area (Å²) < 4.78 is 11.9. The van der Waals surface area contributed by atoms with Crippen LogP contribution in [0.25, 0.3) is 22.3 Å². The molecule has 0 fully saturated rings. The van der Waals surface area contributed by atoms with Crippen molar-refractivity contribution in [2.24, 2.45) is 0 Å². The van der Waals surface area contributed by atoms with Gasteiger partial charge in [-0.1, -0.05) is 87.8 Å². The van der Waals surface area contributed by atoms with E-state index in [-0.39, 0.29) is 41.3 Å². The number of hydrogen-bond acceptors (Lipinski definition) is 4. The van der Waals surface area contributed by atoms with Gasteiger partial charge >= 0.3 is 0 Å². The molecule has 1 heterocycles. The van der Waals surface area contributed by atoms with Crippen LogP contribution in [0.3, 0.4) is 0 Å². The van der Waals surface area contributed by atoms with Crippen molar-refractivity contribution in [2.45, 2.75) is 39.5 Å². The maximum Gasteiger partial charge on any atom is 0.262 e. The fourth-order valence-electron chi connectivity index (χ4n) is 4.07. The minimum Gasteiger partial charge on any atom is -0.476 e. The van der Waals surface area contributed by atoms with E-state index >= 15 is 0 Å². The highest BCUT2D eigenvalue weighted by Crippen LogP contribution is 2.33. The molecule has 0 unspecified atom stereocenters. The Morgan fingerprint density at radius 3 is 2.23 bits per heavy atom. The minimum atomic E-state index is -0.383. The van der Waals surface area contributed by atoms with E-state index in [0.29, 0.717) is 21.6 Å². The summed E-state index contributed by atoms with van der Waals surface area (Å²) in [5.41, 5.74) is 3.58. The Labute approximate surface area is 209 Å². The van der Waals surface area contributed by atoms with Gasteiger partial charge in [-0.2, -0.15) is 0 Å². The summed E-state index contributed by atoms with van der Waals surface area (Å²) in [4.78, 5) is 26.4. The van der Waals surface area contributed by atoms with Crippen LogP contribution in [0, 0.1) is 0 Å². The van der Waals surface area contributed by atoms with Gasteiger partial charge in [-0.05, 0) is 41.2 Å². The Morgan fingerprint density at radius 2 is 1.60 bits per heavy atom. The maximum atomic E-state index is 13.4. The van der Waals surface area contributed by atoms with Crippen LogP contribution in [-0.4, -0.2) is 12.5 Å². The van der Waals surface area contributed by atoms with Gasteiger partial charge in [0.05, 0.1) is 5.39 Å². The normalized spacial score (nSPS) is 11.3. The third kappa shape index (κ3) is 5.25. The summed E-state index contributed by atoms with van der Waals surface area (Å²) in [5.74, 6) is 0.342. The molecular formula is C29H28ClNO4. The zero-order valence-corrected chi connectivity index (χ0v) is 21.0. The lowest BCUT2D eigenvalue weighted by atomic mass is 9.92. The average molecular weight is 490 g/mol. The second-order valence-corrected chi connectivity index (χ2v) is 9.49. The van der Waals surface area contributed by atoms with E-state index in [1.165, 1.54) is 6.07 Å². The van der Waals surface area contributed by atoms with Crippen molar-refractivity contribution < 1.29 is 13.9 Å². The lowest BCUT2D eigenvalue weighted by Crippen LogP contribution is -2.24. The molecule has 0 aliphatic rings. The highest BCUT2D eigenvalue weighted by atomic mass is 35.5. The molecule has 1 amide bonds. The van der Waals surface area contributed by atoms with Gasteiger partial charge in [-0.25, -0.2) is 0 Å². The van der Waals surface area contributed by atoms with Gasteiger partial charge in [0.25, 0.3) is 5.91 Å². The third-order valence-corrected chi connectivity index (χ3v) is 6.07. The second-order valence-electron chi connectivity index (χ2n) is 9.05. The molecule has 0 saturated heterocycles. The smallest absolute Gasteiger partial charge is 0.262 e. The summed E-state index contributed by atoms with van der Waals surface area (Å²) in [6.07, 6.45) is 0. The lowest BCUT2D eigenvalue weighted by Gasteiger charge is -2.20. The molecule has 35 heavy (non-hydrogen) atoms. The Morgan fingerprint density at radius 1 is 0.943 bits per heavy atom. The number of halogens is 1. The SMILES string of the molecule is CC(C)c1cccc(C(C)C)c1NC(=O)COc1c(-c2ccccc2)oc2ccc(Cl)cc2c1=O. The monoisotopic (exact) mass is 489 g/mol. The Kier molecular flexibility index (Phi) is 7.27. The Bertz CT molecular complexity index is 1400. The zero-order valence-electron chi connectivity index (χ0n) is 20.2. The molecule has 0 spiro atoms. The molecule has 0 bridgehead atoms. The molecule has 5 nitrogen and oxygen atoms in total. The molecule has 180 valence electrons. The van der Waals surface area contributed by atoms with Gasteiger partial charge in [-0.15, -0.1) is 0 Å². The Balaban J connectivity index is 1.69. The van der Waals surface area contributed by atoms with Crippen molar-refractivity contribution in [3.05, 3.63) is 93.1 Å². The molecule has 1 N–H and O–H groups in total. The molecule has 6 heteroatoms. The number of amides is 1. The van der Waals surface area contributed by atoms with Crippen LogP contribution in [0.15, 0.2) is 75.9 Å². The van der Waals surface area contributed by atoms with E-state index in [4.69, 9.17) is 20.8 Å². The van der Waals surface area contributed by atoms with E-state index in [1.807, 2.05) is 48.5 Å². The van der Waals surface area contributed by atoms with Crippen molar-refractivity contribution in [2.75, 3.05) is 11.9 Å². The third-order valence-electron chi connectivity index (χ3n) is 5.83.